The average Bonchev–Trinajstić information content (AvgIpc) is 3.20. The van der Waals surface area contributed by atoms with Crippen LogP contribution in [-0.4, -0.2) is 34.2 Å². The molecule has 29 heavy (non-hydrogen) atoms. The van der Waals surface area contributed by atoms with E-state index in [1.54, 1.807) is 0 Å². The molecule has 0 aliphatic carbocycles. The van der Waals surface area contributed by atoms with Gasteiger partial charge in [-0.1, -0.05) is 29.8 Å². The molecular formula is C22H25ClN4O2. The van der Waals surface area contributed by atoms with E-state index in [0.717, 1.165) is 55.5 Å². The maximum absolute atomic E-state index is 12.2. The number of aromatic nitrogens is 2. The number of carbonyl (C=O) groups is 1. The van der Waals surface area contributed by atoms with Crippen LogP contribution in [0.2, 0.25) is 5.02 Å². The summed E-state index contributed by atoms with van der Waals surface area (Å²) < 4.78 is 4.77. The second-order valence-corrected chi connectivity index (χ2v) is 8.19. The van der Waals surface area contributed by atoms with Gasteiger partial charge >= 0.3 is 0 Å². The Morgan fingerprint density at radius 1 is 1.10 bits per heavy atom. The summed E-state index contributed by atoms with van der Waals surface area (Å²) >= 11 is 5.98. The quantitative estimate of drug-likeness (QED) is 0.630. The minimum Gasteiger partial charge on any atom is -0.352 e. The van der Waals surface area contributed by atoms with Crippen LogP contribution in [-0.2, 0) is 17.9 Å². The van der Waals surface area contributed by atoms with E-state index in [2.05, 4.69) is 26.6 Å². The summed E-state index contributed by atoms with van der Waals surface area (Å²) in [5.41, 5.74) is 3.85. The van der Waals surface area contributed by atoms with Crippen LogP contribution in [0.5, 0.6) is 0 Å². The lowest BCUT2D eigenvalue weighted by molar-refractivity contribution is -0.121. The summed E-state index contributed by atoms with van der Waals surface area (Å²) in [6, 6.07) is 13.7. The molecule has 6 nitrogen and oxygen atoms in total. The minimum absolute atomic E-state index is 0.113. The lowest BCUT2D eigenvalue weighted by atomic mass is 9.92. The van der Waals surface area contributed by atoms with Crippen molar-refractivity contribution < 1.29 is 9.42 Å². The number of nitrogens with one attached hydrogen (secondary N) is 1. The van der Waals surface area contributed by atoms with Gasteiger partial charge in [-0.15, -0.1) is 0 Å². The molecule has 1 amide bonds. The summed E-state index contributed by atoms with van der Waals surface area (Å²) in [6.45, 7) is 3.56. The summed E-state index contributed by atoms with van der Waals surface area (Å²) in [4.78, 5) is 14.6. The van der Waals surface area contributed by atoms with Crippen LogP contribution in [0, 0.1) is 5.92 Å². The van der Waals surface area contributed by atoms with Crippen LogP contribution in [0.15, 0.2) is 47.1 Å². The molecule has 0 atom stereocenters. The molecule has 3 aromatic rings. The number of carbonyl (C=O) groups excluding carboxylic acids is 1. The standard InChI is InChI=1S/C22H25ClN4O2/c23-19-3-1-2-17(12-19)14-24-22(28)7-5-16-8-10-27(11-9-16)15-18-4-6-20-21(13-18)26-29-25-20/h1-4,6,12-13,16H,5,7-11,14-15H2,(H,24,28). The highest BCUT2D eigenvalue weighted by Crippen LogP contribution is 2.23. The molecule has 2 heterocycles. The fourth-order valence-electron chi connectivity index (χ4n) is 3.89. The molecule has 0 saturated carbocycles. The predicted molar refractivity (Wildman–Crippen MR) is 112 cm³/mol. The summed E-state index contributed by atoms with van der Waals surface area (Å²) in [6.07, 6.45) is 3.80. The number of likely N-dealkylation sites (tertiary alicyclic amines) is 1. The average molecular weight is 413 g/mol. The molecule has 7 heteroatoms. The van der Waals surface area contributed by atoms with Crippen molar-refractivity contribution in [2.24, 2.45) is 5.92 Å². The molecule has 1 aliphatic rings. The molecule has 152 valence electrons. The molecule has 1 saturated heterocycles. The third-order valence-corrected chi connectivity index (χ3v) is 5.82. The first kappa shape index (κ1) is 19.9. The fraction of sp³-hybridized carbons (Fsp3) is 0.409. The molecule has 0 unspecified atom stereocenters. The first-order valence-corrected chi connectivity index (χ1v) is 10.5. The van der Waals surface area contributed by atoms with Crippen molar-refractivity contribution in [3.8, 4) is 0 Å². The van der Waals surface area contributed by atoms with Crippen molar-refractivity contribution >= 4 is 28.5 Å². The van der Waals surface area contributed by atoms with Crippen molar-refractivity contribution in [2.45, 2.75) is 38.8 Å². The van der Waals surface area contributed by atoms with Gasteiger partial charge in [-0.25, -0.2) is 4.63 Å². The van der Waals surface area contributed by atoms with Crippen LogP contribution >= 0.6 is 11.6 Å². The van der Waals surface area contributed by atoms with Gasteiger partial charge in [0, 0.05) is 24.5 Å². The third-order valence-electron chi connectivity index (χ3n) is 5.59. The number of fused-ring (bicyclic) bond motifs is 1. The maximum atomic E-state index is 12.2. The Bertz CT molecular complexity index is 966. The summed E-state index contributed by atoms with van der Waals surface area (Å²) in [7, 11) is 0. The van der Waals surface area contributed by atoms with Gasteiger partial charge < -0.3 is 5.32 Å². The Morgan fingerprint density at radius 2 is 1.93 bits per heavy atom. The first-order valence-electron chi connectivity index (χ1n) is 10.1. The zero-order valence-electron chi connectivity index (χ0n) is 16.3. The normalized spacial score (nSPS) is 15.6. The van der Waals surface area contributed by atoms with Gasteiger partial charge in [0.25, 0.3) is 0 Å². The van der Waals surface area contributed by atoms with Crippen molar-refractivity contribution in [1.82, 2.24) is 20.5 Å². The lowest BCUT2D eigenvalue weighted by Crippen LogP contribution is -2.33. The number of hydrogen-bond donors (Lipinski definition) is 1. The number of rotatable bonds is 7. The van der Waals surface area contributed by atoms with Crippen LogP contribution in [0.1, 0.15) is 36.8 Å². The van der Waals surface area contributed by atoms with E-state index >= 15 is 0 Å². The molecule has 0 radical (unpaired) electrons. The number of benzene rings is 2. The topological polar surface area (TPSA) is 71.3 Å². The van der Waals surface area contributed by atoms with Gasteiger partial charge in [-0.2, -0.15) is 0 Å². The van der Waals surface area contributed by atoms with Gasteiger partial charge in [0.1, 0.15) is 11.0 Å². The van der Waals surface area contributed by atoms with Crippen molar-refractivity contribution in [1.29, 1.82) is 0 Å². The van der Waals surface area contributed by atoms with Crippen molar-refractivity contribution in [3.05, 3.63) is 58.6 Å². The number of halogens is 1. The van der Waals surface area contributed by atoms with E-state index in [0.29, 0.717) is 23.9 Å². The second kappa shape index (κ2) is 9.37. The van der Waals surface area contributed by atoms with Gasteiger partial charge in [0.05, 0.1) is 0 Å². The molecule has 0 bridgehead atoms. The Labute approximate surface area is 175 Å². The summed E-state index contributed by atoms with van der Waals surface area (Å²) in [5.74, 6) is 0.729. The van der Waals surface area contributed by atoms with Crippen molar-refractivity contribution in [2.75, 3.05) is 13.1 Å². The van der Waals surface area contributed by atoms with Gasteiger partial charge in [0.15, 0.2) is 0 Å². The highest BCUT2D eigenvalue weighted by molar-refractivity contribution is 6.30. The highest BCUT2D eigenvalue weighted by atomic mass is 35.5. The van der Waals surface area contributed by atoms with E-state index in [4.69, 9.17) is 16.2 Å². The van der Waals surface area contributed by atoms with E-state index in [1.165, 1.54) is 5.56 Å². The van der Waals surface area contributed by atoms with E-state index < -0.39 is 0 Å². The zero-order chi connectivity index (χ0) is 20.1. The van der Waals surface area contributed by atoms with E-state index in [9.17, 15) is 4.79 Å². The van der Waals surface area contributed by atoms with Crippen molar-refractivity contribution in [3.63, 3.8) is 0 Å². The largest absolute Gasteiger partial charge is 0.352 e. The highest BCUT2D eigenvalue weighted by Gasteiger charge is 2.20. The SMILES string of the molecule is O=C(CCC1CCN(Cc2ccc3nonc3c2)CC1)NCc1cccc(Cl)c1. The van der Waals surface area contributed by atoms with Crippen LogP contribution in [0.25, 0.3) is 11.0 Å². The Morgan fingerprint density at radius 3 is 2.76 bits per heavy atom. The minimum atomic E-state index is 0.113. The molecule has 1 N–H and O–H groups in total. The van der Waals surface area contributed by atoms with E-state index in [-0.39, 0.29) is 5.91 Å². The molecular weight excluding hydrogens is 388 g/mol. The number of nitrogens with zero attached hydrogens (tertiary/aromatic N) is 3. The van der Waals surface area contributed by atoms with Gasteiger partial charge in [-0.05, 0) is 84.0 Å². The van der Waals surface area contributed by atoms with Crippen LogP contribution < -0.4 is 5.32 Å². The maximum Gasteiger partial charge on any atom is 0.220 e. The molecule has 1 aromatic heterocycles. The molecule has 2 aromatic carbocycles. The Hall–Kier alpha value is -2.44. The monoisotopic (exact) mass is 412 g/mol. The third kappa shape index (κ3) is 5.55. The fourth-order valence-corrected chi connectivity index (χ4v) is 4.10. The predicted octanol–water partition coefficient (Wildman–Crippen LogP) is 4.18. The molecule has 4 rings (SSSR count). The Balaban J connectivity index is 1.16. The molecule has 1 fully saturated rings. The Kier molecular flexibility index (Phi) is 6.42. The van der Waals surface area contributed by atoms with Crippen LogP contribution in [0.3, 0.4) is 0 Å². The summed E-state index contributed by atoms with van der Waals surface area (Å²) in [5, 5.41) is 11.5. The number of piperidine rings is 1. The zero-order valence-corrected chi connectivity index (χ0v) is 17.1. The smallest absolute Gasteiger partial charge is 0.220 e. The van der Waals surface area contributed by atoms with E-state index in [1.807, 2.05) is 36.4 Å². The second-order valence-electron chi connectivity index (χ2n) is 7.75. The van der Waals surface area contributed by atoms with Gasteiger partial charge in [0.2, 0.25) is 5.91 Å². The lowest BCUT2D eigenvalue weighted by Gasteiger charge is -2.31. The first-order chi connectivity index (χ1) is 14.2. The number of amides is 1. The number of hydrogen-bond acceptors (Lipinski definition) is 5. The molecule has 0 spiro atoms. The van der Waals surface area contributed by atoms with Crippen LogP contribution in [0.4, 0.5) is 0 Å². The van der Waals surface area contributed by atoms with Gasteiger partial charge in [-0.3, -0.25) is 9.69 Å². The molecule has 1 aliphatic heterocycles.